The number of hydrogen-bond acceptors (Lipinski definition) is 5. The highest BCUT2D eigenvalue weighted by Gasteiger charge is 2.48. The second kappa shape index (κ2) is 16.5. The van der Waals surface area contributed by atoms with Crippen molar-refractivity contribution in [1.29, 1.82) is 0 Å². The topological polar surface area (TPSA) is 98.9 Å². The van der Waals surface area contributed by atoms with E-state index in [0.717, 1.165) is 37.6 Å². The van der Waals surface area contributed by atoms with Gasteiger partial charge in [0.1, 0.15) is 11.6 Å². The third-order valence-corrected chi connectivity index (χ3v) is 8.28. The average Bonchev–Trinajstić information content (AvgIpc) is 2.98. The summed E-state index contributed by atoms with van der Waals surface area (Å²) in [6.07, 6.45) is 4.72. The molecule has 0 saturated carbocycles. The van der Waals surface area contributed by atoms with Crippen molar-refractivity contribution >= 4 is 17.5 Å². The maximum atomic E-state index is 14.2. The van der Waals surface area contributed by atoms with Crippen molar-refractivity contribution in [2.45, 2.75) is 59.0 Å². The molecule has 0 saturated heterocycles. The van der Waals surface area contributed by atoms with Crippen molar-refractivity contribution in [3.05, 3.63) is 89.0 Å². The van der Waals surface area contributed by atoms with E-state index in [1.807, 2.05) is 51.2 Å². The first-order valence-corrected chi connectivity index (χ1v) is 15.6. The molecule has 240 valence electrons. The van der Waals surface area contributed by atoms with E-state index in [9.17, 15) is 23.5 Å². The van der Waals surface area contributed by atoms with Gasteiger partial charge in [-0.05, 0) is 75.4 Å². The molecule has 9 heteroatoms. The number of nitrogens with two attached hydrogens (primary N) is 1. The number of para-hydroxylation sites is 1. The highest BCUT2D eigenvalue weighted by Crippen LogP contribution is 2.44. The number of nitrogens with one attached hydrogen (secondary N) is 1. The number of primary amides is 1. The Labute approximate surface area is 260 Å². The molecule has 44 heavy (non-hydrogen) atoms. The van der Waals surface area contributed by atoms with Crippen LogP contribution in [0.2, 0.25) is 0 Å². The van der Waals surface area contributed by atoms with Crippen molar-refractivity contribution in [3.63, 3.8) is 0 Å². The Hall–Kier alpha value is -3.56. The first-order chi connectivity index (χ1) is 21.0. The minimum absolute atomic E-state index is 0.0101. The number of amides is 2. The van der Waals surface area contributed by atoms with Crippen LogP contribution in [0.3, 0.4) is 0 Å². The number of nitrogens with zero attached hydrogens (tertiary/aromatic N) is 2. The lowest BCUT2D eigenvalue weighted by Crippen LogP contribution is -2.52. The van der Waals surface area contributed by atoms with Gasteiger partial charge in [-0.3, -0.25) is 9.59 Å². The van der Waals surface area contributed by atoms with Crippen LogP contribution < -0.4 is 16.0 Å². The average molecular weight is 611 g/mol. The molecule has 1 aliphatic carbocycles. The summed E-state index contributed by atoms with van der Waals surface area (Å²) in [6, 6.07) is 13.2. The lowest BCUT2D eigenvalue weighted by molar-refractivity contribution is -0.132. The van der Waals surface area contributed by atoms with E-state index in [2.05, 4.69) is 10.2 Å². The van der Waals surface area contributed by atoms with E-state index in [-0.39, 0.29) is 25.3 Å². The van der Waals surface area contributed by atoms with Crippen LogP contribution >= 0.6 is 0 Å². The Balaban J connectivity index is 1.85. The van der Waals surface area contributed by atoms with Gasteiger partial charge in [-0.2, -0.15) is 0 Å². The smallest absolute Gasteiger partial charge is 0.249 e. The SMILES string of the molecule is CCCN(CCC)C(=O)C1=CC(C)=CC(C(N)=O)([C@H](Cc2cc(F)cc(F)c2)[C@@H](O)CNCCCN(C)c2ccccc2)C1. The zero-order valence-corrected chi connectivity index (χ0v) is 26.5. The summed E-state index contributed by atoms with van der Waals surface area (Å²) in [5, 5.41) is 14.9. The van der Waals surface area contributed by atoms with Gasteiger partial charge < -0.3 is 26.0 Å². The fourth-order valence-corrected chi connectivity index (χ4v) is 6.20. The zero-order valence-electron chi connectivity index (χ0n) is 26.5. The van der Waals surface area contributed by atoms with E-state index in [0.29, 0.717) is 36.3 Å². The van der Waals surface area contributed by atoms with Gasteiger partial charge >= 0.3 is 0 Å². The molecule has 1 unspecified atom stereocenters. The van der Waals surface area contributed by atoms with Gasteiger partial charge in [0.05, 0.1) is 11.5 Å². The van der Waals surface area contributed by atoms with Crippen LogP contribution in [-0.4, -0.2) is 67.7 Å². The highest BCUT2D eigenvalue weighted by molar-refractivity contribution is 5.97. The van der Waals surface area contributed by atoms with Crippen LogP contribution in [0.1, 0.15) is 52.0 Å². The fourth-order valence-electron chi connectivity index (χ4n) is 6.20. The van der Waals surface area contributed by atoms with Gasteiger partial charge in [-0.15, -0.1) is 0 Å². The molecule has 2 amide bonds. The number of carbonyl (C=O) groups excluding carboxylic acids is 2. The molecule has 0 heterocycles. The maximum absolute atomic E-state index is 14.2. The van der Waals surface area contributed by atoms with E-state index in [1.165, 1.54) is 12.1 Å². The summed E-state index contributed by atoms with van der Waals surface area (Å²) in [5.74, 6) is -3.22. The Morgan fingerprint density at radius 1 is 1.05 bits per heavy atom. The third kappa shape index (κ3) is 9.22. The third-order valence-electron chi connectivity index (χ3n) is 8.28. The van der Waals surface area contributed by atoms with Crippen LogP contribution in [0.15, 0.2) is 71.8 Å². The number of carbonyl (C=O) groups is 2. The Bertz CT molecular complexity index is 1290. The van der Waals surface area contributed by atoms with Crippen molar-refractivity contribution in [3.8, 4) is 0 Å². The van der Waals surface area contributed by atoms with E-state index in [1.54, 1.807) is 24.0 Å². The largest absolute Gasteiger partial charge is 0.391 e. The van der Waals surface area contributed by atoms with E-state index < -0.39 is 35.0 Å². The quantitative estimate of drug-likeness (QED) is 0.219. The molecule has 1 aliphatic rings. The first-order valence-electron chi connectivity index (χ1n) is 15.6. The molecular formula is C35H48F2N4O3. The van der Waals surface area contributed by atoms with Gasteiger partial charge in [0.15, 0.2) is 0 Å². The number of hydrogen-bond donors (Lipinski definition) is 3. The highest BCUT2D eigenvalue weighted by atomic mass is 19.1. The first kappa shape index (κ1) is 34.9. The predicted molar refractivity (Wildman–Crippen MR) is 172 cm³/mol. The number of rotatable bonds is 17. The van der Waals surface area contributed by atoms with Gasteiger partial charge in [-0.1, -0.05) is 49.8 Å². The molecule has 0 aliphatic heterocycles. The number of halogens is 2. The Kier molecular flexibility index (Phi) is 13.1. The van der Waals surface area contributed by atoms with Crippen molar-refractivity contribution < 1.29 is 23.5 Å². The molecule has 7 nitrogen and oxygen atoms in total. The molecular weight excluding hydrogens is 562 g/mol. The Morgan fingerprint density at radius 2 is 1.68 bits per heavy atom. The second-order valence-corrected chi connectivity index (χ2v) is 11.9. The van der Waals surface area contributed by atoms with Gasteiger partial charge in [-0.25, -0.2) is 8.78 Å². The predicted octanol–water partition coefficient (Wildman–Crippen LogP) is 5.00. The molecule has 0 bridgehead atoms. The summed E-state index contributed by atoms with van der Waals surface area (Å²) in [4.78, 5) is 31.0. The van der Waals surface area contributed by atoms with Crippen molar-refractivity contribution in [2.24, 2.45) is 17.1 Å². The minimum Gasteiger partial charge on any atom is -0.391 e. The Morgan fingerprint density at radius 3 is 2.27 bits per heavy atom. The van der Waals surface area contributed by atoms with Crippen molar-refractivity contribution in [1.82, 2.24) is 10.2 Å². The van der Waals surface area contributed by atoms with Gasteiger partial charge in [0.25, 0.3) is 0 Å². The second-order valence-electron chi connectivity index (χ2n) is 11.9. The monoisotopic (exact) mass is 610 g/mol. The number of allylic oxidation sites excluding steroid dienone is 2. The molecule has 3 rings (SSSR count). The van der Waals surface area contributed by atoms with Gasteiger partial charge in [0, 0.05) is 56.5 Å². The van der Waals surface area contributed by atoms with E-state index >= 15 is 0 Å². The maximum Gasteiger partial charge on any atom is 0.249 e. The minimum atomic E-state index is -1.45. The van der Waals surface area contributed by atoms with Crippen LogP contribution in [0.5, 0.6) is 0 Å². The standard InChI is InChI=1S/C35H48F2N4O3/c1-5-14-41(15-6-2)33(43)27-17-25(3)22-35(23-27,34(38)44)31(20-26-18-28(36)21-29(37)19-26)32(42)24-39-13-10-16-40(4)30-11-8-7-9-12-30/h7-9,11-12,17-19,21-22,31-32,39,42H,5-6,10,13-16,20,23-24H2,1-4H3,(H2,38,44)/t31-,32+,35?/m1/s1. The molecule has 0 spiro atoms. The summed E-state index contributed by atoms with van der Waals surface area (Å²) in [5.41, 5.74) is 7.17. The number of benzene rings is 2. The van der Waals surface area contributed by atoms with E-state index in [4.69, 9.17) is 5.73 Å². The normalized spacial score (nSPS) is 17.8. The molecule has 0 aromatic heterocycles. The number of aliphatic hydroxyl groups excluding tert-OH is 1. The summed E-state index contributed by atoms with van der Waals surface area (Å²) < 4.78 is 28.5. The van der Waals surface area contributed by atoms with Crippen molar-refractivity contribution in [2.75, 3.05) is 44.7 Å². The number of anilines is 1. The fraction of sp³-hybridized carbons (Fsp3) is 0.486. The van der Waals surface area contributed by atoms with Crippen LogP contribution in [0.25, 0.3) is 0 Å². The molecule has 0 radical (unpaired) electrons. The lowest BCUT2D eigenvalue weighted by Gasteiger charge is -2.42. The molecule has 3 atom stereocenters. The van der Waals surface area contributed by atoms with Crippen LogP contribution in [-0.2, 0) is 16.0 Å². The van der Waals surface area contributed by atoms with Crippen LogP contribution in [0.4, 0.5) is 14.5 Å². The number of aliphatic hydroxyl groups is 1. The molecule has 2 aromatic carbocycles. The zero-order chi connectivity index (χ0) is 32.3. The lowest BCUT2D eigenvalue weighted by atomic mass is 9.63. The van der Waals surface area contributed by atoms with Gasteiger partial charge in [0.2, 0.25) is 11.8 Å². The molecule has 2 aromatic rings. The summed E-state index contributed by atoms with van der Waals surface area (Å²) in [7, 11) is 2.02. The van der Waals surface area contributed by atoms with Crippen LogP contribution in [0, 0.1) is 23.0 Å². The molecule has 0 fully saturated rings. The molecule has 4 N–H and O–H groups in total. The summed E-state index contributed by atoms with van der Waals surface area (Å²) in [6.45, 7) is 8.46. The summed E-state index contributed by atoms with van der Waals surface area (Å²) >= 11 is 0.